The third-order valence-corrected chi connectivity index (χ3v) is 16.5. The second-order valence-electron chi connectivity index (χ2n) is 21.9. The number of rotatable bonds is 20. The van der Waals surface area contributed by atoms with E-state index in [-0.39, 0.29) is 90.7 Å². The summed E-state index contributed by atoms with van der Waals surface area (Å²) in [4.78, 5) is 84.4. The fraction of sp³-hybridized carbons (Fsp3) is 0.509. The van der Waals surface area contributed by atoms with Crippen molar-refractivity contribution in [3.05, 3.63) is 115 Å². The SMILES string of the molecule is COc1ccc2c(c1)C(=O)N1CCC(OCCCOC3CCN4C(=O)c5cc(OC)ccc5N(C(=O)OCc5ccc(O[C@@H]6O[C@H](CO)[C@H](O)[C@H](O)[C@H]6O)c([N+](=O)[O-])c5)[C@@H](O)C34)C1[C@@H](O)N2C(=O)OCc1ccc(O[C@@H]2O[C@H](CO)[C@H](O)[C@H](O)[C@H]2O)c([N+](=O)[O-])c1. The van der Waals surface area contributed by atoms with Crippen molar-refractivity contribution in [2.75, 3.05) is 63.5 Å². The van der Waals surface area contributed by atoms with Gasteiger partial charge in [0, 0.05) is 38.4 Å². The van der Waals surface area contributed by atoms with Gasteiger partial charge in [0.05, 0.1) is 72.0 Å². The highest BCUT2D eigenvalue weighted by molar-refractivity contribution is 6.06. The quantitative estimate of drug-likeness (QED) is 0.0292. The van der Waals surface area contributed by atoms with Crippen LogP contribution in [-0.2, 0) is 41.6 Å². The Kier molecular flexibility index (Phi) is 20.0. The zero-order valence-corrected chi connectivity index (χ0v) is 48.4. The van der Waals surface area contributed by atoms with Crippen LogP contribution in [0.3, 0.4) is 0 Å². The summed E-state index contributed by atoms with van der Waals surface area (Å²) >= 11 is 0. The molecule has 34 nitrogen and oxygen atoms in total. The molecule has 10 rings (SSSR count). The van der Waals surface area contributed by atoms with E-state index in [9.17, 15) is 90.5 Å². The van der Waals surface area contributed by atoms with Crippen molar-refractivity contribution >= 4 is 46.8 Å². The Bertz CT molecular complexity index is 3150. The van der Waals surface area contributed by atoms with Gasteiger partial charge in [0.1, 0.15) is 85.6 Å². The van der Waals surface area contributed by atoms with Crippen LogP contribution >= 0.6 is 0 Å². The van der Waals surface area contributed by atoms with Gasteiger partial charge in [-0.15, -0.1) is 0 Å². The van der Waals surface area contributed by atoms with Crippen LogP contribution in [0.2, 0.25) is 0 Å². The molecule has 0 saturated carbocycles. The van der Waals surface area contributed by atoms with Gasteiger partial charge < -0.3 is 108 Å². The summed E-state index contributed by atoms with van der Waals surface area (Å²) < 4.78 is 56.3. The first-order valence-electron chi connectivity index (χ1n) is 28.6. The molecule has 6 heterocycles. The molecule has 0 bridgehead atoms. The van der Waals surface area contributed by atoms with Crippen molar-refractivity contribution in [2.45, 2.75) is 131 Å². The molecule has 4 fully saturated rings. The molecule has 10 N–H and O–H groups in total. The molecule has 34 heteroatoms. The van der Waals surface area contributed by atoms with Crippen LogP contribution < -0.4 is 28.7 Å². The van der Waals surface area contributed by atoms with Gasteiger partial charge in [-0.3, -0.25) is 29.8 Å². The lowest BCUT2D eigenvalue weighted by molar-refractivity contribution is -0.387. The van der Waals surface area contributed by atoms with Crippen molar-refractivity contribution in [1.82, 2.24) is 9.80 Å². The summed E-state index contributed by atoms with van der Waals surface area (Å²) in [5, 5.41) is 130. The average Bonchev–Trinajstić information content (AvgIpc) is 1.64. The molecular weight excluding hydrogens is 1220 g/mol. The lowest BCUT2D eigenvalue weighted by Crippen LogP contribution is -2.60. The molecule has 6 aliphatic rings. The Balaban J connectivity index is 0.793. The van der Waals surface area contributed by atoms with Gasteiger partial charge in [-0.25, -0.2) is 19.4 Å². The highest BCUT2D eigenvalue weighted by atomic mass is 16.7. The normalized spacial score (nSPS) is 29.5. The number of benzene rings is 4. The fourth-order valence-electron chi connectivity index (χ4n) is 11.8. The minimum atomic E-state index is -1.89. The van der Waals surface area contributed by atoms with Crippen molar-refractivity contribution in [1.29, 1.82) is 0 Å². The Labute approximate surface area is 515 Å². The van der Waals surface area contributed by atoms with Gasteiger partial charge in [0.25, 0.3) is 11.8 Å². The van der Waals surface area contributed by atoms with E-state index < -0.39 is 181 Å². The van der Waals surface area contributed by atoms with Gasteiger partial charge in [-0.05, 0) is 78.9 Å². The molecule has 492 valence electrons. The summed E-state index contributed by atoms with van der Waals surface area (Å²) in [6, 6.07) is 12.8. The predicted molar refractivity (Wildman–Crippen MR) is 301 cm³/mol. The number of amides is 4. The second kappa shape index (κ2) is 27.7. The van der Waals surface area contributed by atoms with E-state index in [1.54, 1.807) is 0 Å². The summed E-state index contributed by atoms with van der Waals surface area (Å²) in [6.45, 7) is -2.81. The molecule has 4 amide bonds. The van der Waals surface area contributed by atoms with Crippen LogP contribution in [0.5, 0.6) is 23.0 Å². The Morgan fingerprint density at radius 1 is 0.560 bits per heavy atom. The van der Waals surface area contributed by atoms with Crippen molar-refractivity contribution in [3.8, 4) is 23.0 Å². The number of aliphatic hydroxyl groups is 10. The first-order valence-corrected chi connectivity index (χ1v) is 28.6. The molecule has 16 atom stereocenters. The molecule has 0 aliphatic carbocycles. The molecule has 4 aromatic carbocycles. The fourth-order valence-corrected chi connectivity index (χ4v) is 11.8. The zero-order chi connectivity index (χ0) is 65.3. The Morgan fingerprint density at radius 2 is 0.956 bits per heavy atom. The van der Waals surface area contributed by atoms with E-state index in [2.05, 4.69) is 0 Å². The largest absolute Gasteiger partial charge is 0.497 e. The van der Waals surface area contributed by atoms with E-state index in [0.717, 1.165) is 34.1 Å². The molecule has 4 unspecified atom stereocenters. The molecule has 4 saturated heterocycles. The summed E-state index contributed by atoms with van der Waals surface area (Å²) in [6.07, 6.45) is -24.4. The van der Waals surface area contributed by atoms with E-state index in [4.69, 9.17) is 47.4 Å². The zero-order valence-electron chi connectivity index (χ0n) is 48.4. The Morgan fingerprint density at radius 3 is 1.32 bits per heavy atom. The molecule has 0 radical (unpaired) electrons. The highest BCUT2D eigenvalue weighted by Gasteiger charge is 2.53. The molecule has 0 aromatic heterocycles. The van der Waals surface area contributed by atoms with Crippen LogP contribution in [-0.4, -0.2) is 247 Å². The lowest BCUT2D eigenvalue weighted by Gasteiger charge is -2.39. The topological polar surface area (TPSA) is 462 Å². The molecule has 4 aromatic rings. The van der Waals surface area contributed by atoms with Gasteiger partial charge in [0.15, 0.2) is 24.0 Å². The smallest absolute Gasteiger partial charge is 0.416 e. The highest BCUT2D eigenvalue weighted by Crippen LogP contribution is 2.42. The van der Waals surface area contributed by atoms with Crippen molar-refractivity contribution < 1.29 is 127 Å². The first-order chi connectivity index (χ1) is 43.6. The van der Waals surface area contributed by atoms with Gasteiger partial charge in [0.2, 0.25) is 12.6 Å². The number of aliphatic hydroxyl groups excluding tert-OH is 10. The number of nitrogens with zero attached hydrogens (tertiary/aromatic N) is 6. The van der Waals surface area contributed by atoms with E-state index in [1.807, 2.05) is 0 Å². The number of nitro groups is 2. The molecule has 91 heavy (non-hydrogen) atoms. The van der Waals surface area contributed by atoms with E-state index in [0.29, 0.717) is 0 Å². The van der Waals surface area contributed by atoms with Crippen LogP contribution in [0, 0.1) is 20.2 Å². The minimum absolute atomic E-state index is 0.0411. The maximum Gasteiger partial charge on any atom is 0.416 e. The number of carbonyl (C=O) groups is 4. The number of ether oxygens (including phenoxy) is 10. The number of hydrogen-bond donors (Lipinski definition) is 10. The number of methoxy groups -OCH3 is 2. The van der Waals surface area contributed by atoms with Crippen LogP contribution in [0.15, 0.2) is 72.8 Å². The maximum absolute atomic E-state index is 14.3. The summed E-state index contributed by atoms with van der Waals surface area (Å²) in [7, 11) is 2.73. The van der Waals surface area contributed by atoms with E-state index in [1.165, 1.54) is 72.6 Å². The van der Waals surface area contributed by atoms with Crippen LogP contribution in [0.4, 0.5) is 32.3 Å². The van der Waals surface area contributed by atoms with Crippen molar-refractivity contribution in [3.63, 3.8) is 0 Å². The predicted octanol–water partition coefficient (Wildman–Crippen LogP) is -0.882. The van der Waals surface area contributed by atoms with Gasteiger partial charge >= 0.3 is 23.6 Å². The summed E-state index contributed by atoms with van der Waals surface area (Å²) in [5.41, 5.74) is -1.53. The average molecular weight is 1280 g/mol. The molecular formula is C57H66N6O28. The monoisotopic (exact) mass is 1280 g/mol. The van der Waals surface area contributed by atoms with Gasteiger partial charge in [-0.2, -0.15) is 0 Å². The van der Waals surface area contributed by atoms with E-state index >= 15 is 0 Å². The van der Waals surface area contributed by atoms with Crippen molar-refractivity contribution in [2.24, 2.45) is 0 Å². The summed E-state index contributed by atoms with van der Waals surface area (Å²) in [5.74, 6) is -1.61. The number of carbonyl (C=O) groups excluding carboxylic acids is 4. The third kappa shape index (κ3) is 13.0. The third-order valence-electron chi connectivity index (χ3n) is 16.5. The molecule has 0 spiro atoms. The second-order valence-corrected chi connectivity index (χ2v) is 21.9. The number of hydrogen-bond acceptors (Lipinski definition) is 28. The lowest BCUT2D eigenvalue weighted by atomic mass is 9.99. The van der Waals surface area contributed by atoms with Gasteiger partial charge in [-0.1, -0.05) is 12.1 Å². The number of nitro benzene ring substituents is 2. The van der Waals surface area contributed by atoms with Crippen LogP contribution in [0.1, 0.15) is 51.1 Å². The Hall–Kier alpha value is -8.20. The standard InChI is InChI=1S/C57H66N6O28/c1-82-28-6-8-32-30(20-28)50(72)58-14-12-38(42(58)52(74)60(32)56(76)86-24-26-4-10-36(34(18-26)62(78)79)88-54-48(70)46(68)44(66)40(22-64)90-54)84-16-3-17-85-39-13-15-59-43(39)53(75)61(33-9-7-29(83-2)21-31(33)51(59)73)57(77)87-25-27-5-11-37(35(19-27)63(80)81)89-55-49(71)47(69)45(67)41(23-65)91-55/h4-11,18-21,38-49,52-55,64-71,74-75H,3,12-17,22-25H2,1-2H3/t38?,39?,40-,41-,42?,43?,44+,45+,46+,47+,48-,49-,52-,53+,54-,55-/m1/s1. The molecule has 6 aliphatic heterocycles. The number of anilines is 2. The van der Waals surface area contributed by atoms with Crippen LogP contribution in [0.25, 0.3) is 0 Å². The first kappa shape index (κ1) is 65.7. The maximum atomic E-state index is 14.3. The number of fused-ring (bicyclic) bond motifs is 4. The minimum Gasteiger partial charge on any atom is -0.497 e.